The molecule has 9 atom stereocenters. The van der Waals surface area contributed by atoms with Crippen molar-refractivity contribution in [2.24, 2.45) is 5.92 Å². The van der Waals surface area contributed by atoms with Crippen LogP contribution in [0.3, 0.4) is 0 Å². The van der Waals surface area contributed by atoms with Gasteiger partial charge in [0.25, 0.3) is 11.8 Å². The Bertz CT molecular complexity index is 1860. The Labute approximate surface area is 319 Å². The van der Waals surface area contributed by atoms with Crippen molar-refractivity contribution in [2.45, 2.75) is 87.5 Å². The summed E-state index contributed by atoms with van der Waals surface area (Å²) in [6, 6.07) is 21.2. The van der Waals surface area contributed by atoms with Gasteiger partial charge in [0.2, 0.25) is 5.91 Å². The zero-order valence-corrected chi connectivity index (χ0v) is 32.1. The lowest BCUT2D eigenvalue weighted by Gasteiger charge is -2.37. The number of nitrogens with one attached hydrogen (secondary N) is 1. The van der Waals surface area contributed by atoms with Crippen LogP contribution in [-0.4, -0.2) is 118 Å². The van der Waals surface area contributed by atoms with Gasteiger partial charge >= 0.3 is 0 Å². The van der Waals surface area contributed by atoms with Gasteiger partial charge in [0.15, 0.2) is 26.3 Å². The Balaban J connectivity index is 1.25. The standard InChI is InChI=1S/C39H49N3O12Si/c1-22-35(55(3,4)51)29(19-30(44)41(16-17-43)20-23-8-6-5-7-9-23)54-39(22)27-18-26(52-2)14-15-28(27)42(38(39)50)21-24-10-12-25(13-11-24)40-36(48)34-32(46)31(45)33(47)37(49)53-34/h5-15,18,22,29,31-35,37,43,45-47,49,51H,16-17,19-21H2,1-4H3,(H,40,48)/t22-,29+,31+,32+,33-,34+,35-,37-,39+/m1/s1. The highest BCUT2D eigenvalue weighted by Crippen LogP contribution is 2.60. The molecule has 3 aromatic carbocycles. The first-order valence-corrected chi connectivity index (χ1v) is 21.2. The predicted molar refractivity (Wildman–Crippen MR) is 201 cm³/mol. The number of carbonyl (C=O) groups is 3. The first-order valence-electron chi connectivity index (χ1n) is 18.2. The van der Waals surface area contributed by atoms with Gasteiger partial charge in [-0.15, -0.1) is 0 Å². The van der Waals surface area contributed by atoms with Crippen LogP contribution in [0.2, 0.25) is 18.6 Å². The number of amides is 3. The smallest absolute Gasteiger partial charge is 0.264 e. The van der Waals surface area contributed by atoms with E-state index in [2.05, 4.69) is 5.32 Å². The third-order valence-corrected chi connectivity index (χ3v) is 13.4. The summed E-state index contributed by atoms with van der Waals surface area (Å²) in [5.74, 6) is -1.54. The van der Waals surface area contributed by atoms with E-state index in [0.29, 0.717) is 28.3 Å². The number of hydrogen-bond acceptors (Lipinski definition) is 12. The summed E-state index contributed by atoms with van der Waals surface area (Å²) in [6.45, 7) is 5.68. The van der Waals surface area contributed by atoms with Crippen molar-refractivity contribution in [2.75, 3.05) is 30.5 Å². The van der Waals surface area contributed by atoms with Gasteiger partial charge < -0.3 is 59.7 Å². The lowest BCUT2D eigenvalue weighted by atomic mass is 9.82. The molecule has 0 aliphatic carbocycles. The molecular formula is C39H49N3O12Si. The van der Waals surface area contributed by atoms with E-state index in [9.17, 15) is 44.7 Å². The number of ether oxygens (including phenoxy) is 3. The molecule has 0 aromatic heterocycles. The van der Waals surface area contributed by atoms with Crippen LogP contribution < -0.4 is 15.0 Å². The average Bonchev–Trinajstić information content (AvgIpc) is 3.58. The largest absolute Gasteiger partial charge is 0.497 e. The molecule has 0 saturated carbocycles. The van der Waals surface area contributed by atoms with Crippen molar-refractivity contribution >= 4 is 37.4 Å². The molecule has 3 aliphatic heterocycles. The van der Waals surface area contributed by atoms with Gasteiger partial charge in [0, 0.05) is 35.8 Å². The summed E-state index contributed by atoms with van der Waals surface area (Å²) < 4.78 is 17.4. The zero-order valence-electron chi connectivity index (χ0n) is 31.1. The number of anilines is 2. The minimum atomic E-state index is -3.10. The summed E-state index contributed by atoms with van der Waals surface area (Å²) in [6.07, 6.45) is -9.80. The molecular weight excluding hydrogens is 731 g/mol. The van der Waals surface area contributed by atoms with Crippen molar-refractivity contribution in [1.29, 1.82) is 0 Å². The lowest BCUT2D eigenvalue weighted by Crippen LogP contribution is -2.60. The predicted octanol–water partition coefficient (Wildman–Crippen LogP) is 1.19. The van der Waals surface area contributed by atoms with E-state index in [1.54, 1.807) is 65.4 Å². The Kier molecular flexibility index (Phi) is 11.8. The van der Waals surface area contributed by atoms with Crippen LogP contribution in [0.1, 0.15) is 30.0 Å². The van der Waals surface area contributed by atoms with Crippen LogP contribution in [0.15, 0.2) is 72.8 Å². The monoisotopic (exact) mass is 779 g/mol. The molecule has 2 fully saturated rings. The van der Waals surface area contributed by atoms with Crippen LogP contribution in [0, 0.1) is 5.92 Å². The van der Waals surface area contributed by atoms with Crippen molar-refractivity contribution in [1.82, 2.24) is 4.90 Å². The highest BCUT2D eigenvalue weighted by atomic mass is 28.4. The molecule has 0 unspecified atom stereocenters. The van der Waals surface area contributed by atoms with Gasteiger partial charge in [-0.2, -0.15) is 0 Å². The number of aliphatic hydroxyl groups is 5. The second kappa shape index (κ2) is 16.1. The van der Waals surface area contributed by atoms with Crippen LogP contribution in [0.5, 0.6) is 5.75 Å². The Morgan fingerprint density at radius 3 is 2.29 bits per heavy atom. The van der Waals surface area contributed by atoms with E-state index in [-0.39, 0.29) is 44.5 Å². The molecule has 3 amide bonds. The summed E-state index contributed by atoms with van der Waals surface area (Å²) in [7, 11) is -1.58. The molecule has 0 radical (unpaired) electrons. The number of hydrogen-bond donors (Lipinski definition) is 7. The number of fused-ring (bicyclic) bond motifs is 2. The fraction of sp³-hybridized carbons (Fsp3) is 0.462. The molecule has 15 nitrogen and oxygen atoms in total. The second-order valence-electron chi connectivity index (χ2n) is 15.0. The van der Waals surface area contributed by atoms with Gasteiger partial charge in [0.05, 0.1) is 38.5 Å². The number of benzene rings is 3. The van der Waals surface area contributed by atoms with Gasteiger partial charge in [-0.3, -0.25) is 14.4 Å². The number of nitrogens with zero attached hydrogens (tertiary/aromatic N) is 2. The summed E-state index contributed by atoms with van der Waals surface area (Å²) in [4.78, 5) is 56.5. The maximum Gasteiger partial charge on any atom is 0.264 e. The first kappa shape index (κ1) is 40.4. The van der Waals surface area contributed by atoms with E-state index in [1.165, 1.54) is 7.11 Å². The number of rotatable bonds is 12. The quantitative estimate of drug-likeness (QED) is 0.129. The maximum atomic E-state index is 14.9. The van der Waals surface area contributed by atoms with E-state index in [0.717, 1.165) is 5.56 Å². The lowest BCUT2D eigenvalue weighted by molar-refractivity contribution is -0.274. The van der Waals surface area contributed by atoms with Crippen LogP contribution in [-0.2, 0) is 42.5 Å². The molecule has 3 aliphatic rings. The van der Waals surface area contributed by atoms with E-state index < -0.39 is 68.1 Å². The fourth-order valence-electron chi connectivity index (χ4n) is 8.23. The minimum absolute atomic E-state index is 0.0977. The first-order chi connectivity index (χ1) is 26.1. The van der Waals surface area contributed by atoms with Gasteiger partial charge in [-0.1, -0.05) is 49.4 Å². The highest BCUT2D eigenvalue weighted by Gasteiger charge is 2.66. The molecule has 1 spiro atoms. The number of methoxy groups -OCH3 is 1. The molecule has 55 heavy (non-hydrogen) atoms. The third kappa shape index (κ3) is 7.79. The average molecular weight is 780 g/mol. The maximum absolute atomic E-state index is 14.9. The molecule has 7 N–H and O–H groups in total. The highest BCUT2D eigenvalue weighted by molar-refractivity contribution is 6.71. The molecule has 0 bridgehead atoms. The number of aliphatic hydroxyl groups excluding tert-OH is 5. The zero-order chi connectivity index (χ0) is 39.8. The van der Waals surface area contributed by atoms with E-state index in [1.807, 2.05) is 37.3 Å². The van der Waals surface area contributed by atoms with Crippen LogP contribution in [0.4, 0.5) is 11.4 Å². The second-order valence-corrected chi connectivity index (χ2v) is 18.9. The molecule has 6 rings (SSSR count). The van der Waals surface area contributed by atoms with Crippen LogP contribution >= 0.6 is 0 Å². The van der Waals surface area contributed by atoms with E-state index >= 15 is 0 Å². The Morgan fingerprint density at radius 2 is 1.65 bits per heavy atom. The molecule has 3 aromatic rings. The molecule has 16 heteroatoms. The normalized spacial score (nSPS) is 29.0. The SMILES string of the molecule is COc1ccc2c(c1)[C@]1(O[C@@H](CC(=O)N(CCO)Cc3ccccc3)[C@H]([Si](C)(C)O)[C@H]1C)C(=O)N2Cc1ccc(NC(=O)[C@H]2O[C@@H](O)[C@H](O)[C@@H](O)[C@@H]2O)cc1. The van der Waals surface area contributed by atoms with Gasteiger partial charge in [-0.25, -0.2) is 0 Å². The minimum Gasteiger partial charge on any atom is -0.497 e. The molecule has 296 valence electrons. The summed E-state index contributed by atoms with van der Waals surface area (Å²) in [5.41, 5.74) is 0.938. The molecule has 2 saturated heterocycles. The summed E-state index contributed by atoms with van der Waals surface area (Å²) >= 11 is 0. The van der Waals surface area contributed by atoms with Gasteiger partial charge in [0.1, 0.15) is 24.1 Å². The summed E-state index contributed by atoms with van der Waals surface area (Å²) in [5, 5.41) is 52.2. The number of carbonyl (C=O) groups excluding carboxylic acids is 3. The van der Waals surface area contributed by atoms with Crippen molar-refractivity contribution in [3.05, 3.63) is 89.5 Å². The van der Waals surface area contributed by atoms with Crippen molar-refractivity contribution < 1.29 is 58.9 Å². The van der Waals surface area contributed by atoms with E-state index in [4.69, 9.17) is 14.2 Å². The Morgan fingerprint density at radius 1 is 0.964 bits per heavy atom. The van der Waals surface area contributed by atoms with Crippen molar-refractivity contribution in [3.8, 4) is 5.75 Å². The molecule has 3 heterocycles. The van der Waals surface area contributed by atoms with Crippen LogP contribution in [0.25, 0.3) is 0 Å². The van der Waals surface area contributed by atoms with Crippen molar-refractivity contribution in [3.63, 3.8) is 0 Å². The topological polar surface area (TPSA) is 219 Å². The van der Waals surface area contributed by atoms with Gasteiger partial charge in [-0.05, 0) is 54.6 Å². The Hall–Kier alpha value is -4.23. The third-order valence-electron chi connectivity index (χ3n) is 10.9. The fourth-order valence-corrected chi connectivity index (χ4v) is 10.8.